The van der Waals surface area contributed by atoms with Crippen molar-refractivity contribution >= 4 is 18.1 Å². The van der Waals surface area contributed by atoms with Gasteiger partial charge in [0.25, 0.3) is 0 Å². The average molecular weight is 273 g/mol. The molecule has 0 amide bonds. The van der Waals surface area contributed by atoms with Crippen LogP contribution in [0, 0.1) is 0 Å². The highest BCUT2D eigenvalue weighted by molar-refractivity contribution is 5.91. The number of esters is 1. The van der Waals surface area contributed by atoms with Crippen molar-refractivity contribution in [3.05, 3.63) is 35.9 Å². The Labute approximate surface area is 116 Å². The molecule has 0 aliphatic carbocycles. The van der Waals surface area contributed by atoms with E-state index in [9.17, 15) is 9.59 Å². The third-order valence-corrected chi connectivity index (χ3v) is 2.78. The summed E-state index contributed by atoms with van der Waals surface area (Å²) in [5.41, 5.74) is 7.36. The number of anilines is 1. The number of carbonyl (C=O) groups excluding carboxylic acids is 2. The van der Waals surface area contributed by atoms with Gasteiger partial charge in [0, 0.05) is 5.56 Å². The van der Waals surface area contributed by atoms with E-state index < -0.39 is 5.97 Å². The van der Waals surface area contributed by atoms with Crippen LogP contribution in [0.3, 0.4) is 0 Å². The monoisotopic (exact) mass is 273 g/mol. The molecule has 6 heteroatoms. The molecule has 2 N–H and O–H groups in total. The lowest BCUT2D eigenvalue weighted by molar-refractivity contribution is -0.143. The number of ether oxygens (including phenoxy) is 1. The molecule has 0 saturated carbocycles. The van der Waals surface area contributed by atoms with Gasteiger partial charge in [0.15, 0.2) is 6.29 Å². The summed E-state index contributed by atoms with van der Waals surface area (Å²) in [5.74, 6) is -0.286. The lowest BCUT2D eigenvalue weighted by atomic mass is 10.1. The molecule has 6 nitrogen and oxygen atoms in total. The maximum absolute atomic E-state index is 11.5. The number of carbonyl (C=O) groups is 2. The highest BCUT2D eigenvalue weighted by Crippen LogP contribution is 2.25. The lowest BCUT2D eigenvalue weighted by Crippen LogP contribution is -2.16. The van der Waals surface area contributed by atoms with Crippen LogP contribution in [-0.2, 0) is 16.1 Å². The van der Waals surface area contributed by atoms with E-state index in [1.807, 2.05) is 30.3 Å². The highest BCUT2D eigenvalue weighted by atomic mass is 16.5. The standard InChI is InChI=1S/C14H15N3O3/c1-2-20-12(19)8-17-14(15)11(9-18)13(16-17)10-6-4-3-5-7-10/h3-7,9H,2,8,15H2,1H3. The fourth-order valence-corrected chi connectivity index (χ4v) is 1.86. The molecule has 1 heterocycles. The summed E-state index contributed by atoms with van der Waals surface area (Å²) in [7, 11) is 0. The molecule has 2 rings (SSSR count). The van der Waals surface area contributed by atoms with Crippen LogP contribution in [0.1, 0.15) is 17.3 Å². The van der Waals surface area contributed by atoms with Crippen molar-refractivity contribution in [2.75, 3.05) is 12.3 Å². The maximum Gasteiger partial charge on any atom is 0.327 e. The van der Waals surface area contributed by atoms with E-state index in [2.05, 4.69) is 5.10 Å². The first-order chi connectivity index (χ1) is 9.67. The van der Waals surface area contributed by atoms with Crippen molar-refractivity contribution < 1.29 is 14.3 Å². The second kappa shape index (κ2) is 6.01. The van der Waals surface area contributed by atoms with E-state index >= 15 is 0 Å². The van der Waals surface area contributed by atoms with Gasteiger partial charge in [-0.25, -0.2) is 4.68 Å². The molecule has 2 aromatic rings. The van der Waals surface area contributed by atoms with Crippen LogP contribution in [-0.4, -0.2) is 28.6 Å². The summed E-state index contributed by atoms with van der Waals surface area (Å²) in [4.78, 5) is 22.7. The van der Waals surface area contributed by atoms with Gasteiger partial charge in [-0.2, -0.15) is 5.10 Å². The van der Waals surface area contributed by atoms with Crippen LogP contribution in [0.2, 0.25) is 0 Å². The van der Waals surface area contributed by atoms with Crippen molar-refractivity contribution in [2.45, 2.75) is 13.5 Å². The fraction of sp³-hybridized carbons (Fsp3) is 0.214. The molecular weight excluding hydrogens is 258 g/mol. The molecule has 0 aliphatic rings. The van der Waals surface area contributed by atoms with E-state index in [0.29, 0.717) is 12.0 Å². The van der Waals surface area contributed by atoms with Crippen molar-refractivity contribution in [3.63, 3.8) is 0 Å². The first-order valence-corrected chi connectivity index (χ1v) is 6.19. The minimum Gasteiger partial charge on any atom is -0.465 e. The van der Waals surface area contributed by atoms with Gasteiger partial charge in [0.2, 0.25) is 0 Å². The highest BCUT2D eigenvalue weighted by Gasteiger charge is 2.18. The van der Waals surface area contributed by atoms with E-state index in [0.717, 1.165) is 5.56 Å². The number of benzene rings is 1. The Morgan fingerprint density at radius 3 is 2.70 bits per heavy atom. The molecule has 20 heavy (non-hydrogen) atoms. The molecule has 0 aliphatic heterocycles. The number of hydrogen-bond acceptors (Lipinski definition) is 5. The van der Waals surface area contributed by atoms with Gasteiger partial charge in [-0.05, 0) is 6.92 Å². The molecule has 0 unspecified atom stereocenters. The summed E-state index contributed by atoms with van der Waals surface area (Å²) in [5, 5.41) is 4.23. The molecular formula is C14H15N3O3. The Morgan fingerprint density at radius 1 is 1.40 bits per heavy atom. The third kappa shape index (κ3) is 2.69. The van der Waals surface area contributed by atoms with Crippen LogP contribution < -0.4 is 5.73 Å². The minimum absolute atomic E-state index is 0.118. The number of nitrogens with two attached hydrogens (primary N) is 1. The van der Waals surface area contributed by atoms with Crippen LogP contribution in [0.4, 0.5) is 5.82 Å². The molecule has 0 saturated heterocycles. The molecule has 0 radical (unpaired) electrons. The smallest absolute Gasteiger partial charge is 0.327 e. The number of nitrogen functional groups attached to an aromatic ring is 1. The zero-order valence-corrected chi connectivity index (χ0v) is 11.1. The van der Waals surface area contributed by atoms with Gasteiger partial charge in [-0.1, -0.05) is 30.3 Å². The lowest BCUT2D eigenvalue weighted by Gasteiger charge is -2.03. The van der Waals surface area contributed by atoms with E-state index in [-0.39, 0.29) is 24.5 Å². The number of hydrogen-bond donors (Lipinski definition) is 1. The Hall–Kier alpha value is -2.63. The van der Waals surface area contributed by atoms with Gasteiger partial charge in [-0.15, -0.1) is 0 Å². The Morgan fingerprint density at radius 2 is 2.10 bits per heavy atom. The first-order valence-electron chi connectivity index (χ1n) is 6.19. The number of aldehydes is 1. The molecule has 0 atom stereocenters. The van der Waals surface area contributed by atoms with E-state index in [4.69, 9.17) is 10.5 Å². The van der Waals surface area contributed by atoms with Gasteiger partial charge in [0.05, 0.1) is 12.2 Å². The summed E-state index contributed by atoms with van der Waals surface area (Å²) in [6.45, 7) is 1.88. The van der Waals surface area contributed by atoms with Crippen LogP contribution in [0.15, 0.2) is 30.3 Å². The van der Waals surface area contributed by atoms with E-state index in [1.54, 1.807) is 6.92 Å². The number of aromatic nitrogens is 2. The fourth-order valence-electron chi connectivity index (χ4n) is 1.86. The Kier molecular flexibility index (Phi) is 4.14. The SMILES string of the molecule is CCOC(=O)Cn1nc(-c2ccccc2)c(C=O)c1N. The normalized spacial score (nSPS) is 10.2. The van der Waals surface area contributed by atoms with Gasteiger partial charge >= 0.3 is 5.97 Å². The summed E-state index contributed by atoms with van der Waals surface area (Å²) >= 11 is 0. The van der Waals surface area contributed by atoms with Gasteiger partial charge in [-0.3, -0.25) is 9.59 Å². The molecule has 1 aromatic carbocycles. The van der Waals surface area contributed by atoms with Crippen molar-refractivity contribution in [3.8, 4) is 11.3 Å². The maximum atomic E-state index is 11.5. The summed E-state index contributed by atoms with van der Waals surface area (Å²) in [6, 6.07) is 9.19. The Balaban J connectivity index is 2.39. The van der Waals surface area contributed by atoms with Crippen molar-refractivity contribution in [1.29, 1.82) is 0 Å². The quantitative estimate of drug-likeness (QED) is 0.659. The largest absolute Gasteiger partial charge is 0.465 e. The molecule has 0 fully saturated rings. The van der Waals surface area contributed by atoms with Crippen molar-refractivity contribution in [2.24, 2.45) is 0 Å². The second-order valence-electron chi connectivity index (χ2n) is 4.09. The third-order valence-electron chi connectivity index (χ3n) is 2.78. The van der Waals surface area contributed by atoms with Crippen LogP contribution in [0.25, 0.3) is 11.3 Å². The molecule has 0 bridgehead atoms. The van der Waals surface area contributed by atoms with Gasteiger partial charge < -0.3 is 10.5 Å². The summed E-state index contributed by atoms with van der Waals surface area (Å²) < 4.78 is 6.13. The Bertz CT molecular complexity index is 620. The molecule has 1 aromatic heterocycles. The molecule has 104 valence electrons. The minimum atomic E-state index is -0.446. The van der Waals surface area contributed by atoms with Crippen LogP contribution >= 0.6 is 0 Å². The van der Waals surface area contributed by atoms with E-state index in [1.165, 1.54) is 4.68 Å². The zero-order valence-electron chi connectivity index (χ0n) is 11.1. The number of rotatable bonds is 5. The molecule has 0 spiro atoms. The average Bonchev–Trinajstić information content (AvgIpc) is 2.76. The zero-order chi connectivity index (χ0) is 14.5. The predicted molar refractivity (Wildman–Crippen MR) is 74.1 cm³/mol. The van der Waals surface area contributed by atoms with Gasteiger partial charge in [0.1, 0.15) is 18.1 Å². The summed E-state index contributed by atoms with van der Waals surface area (Å²) in [6.07, 6.45) is 0.645. The number of nitrogens with zero attached hydrogens (tertiary/aromatic N) is 2. The second-order valence-corrected chi connectivity index (χ2v) is 4.09. The van der Waals surface area contributed by atoms with Crippen molar-refractivity contribution in [1.82, 2.24) is 9.78 Å². The topological polar surface area (TPSA) is 87.2 Å². The first kappa shape index (κ1) is 13.8. The van der Waals surface area contributed by atoms with Crippen LogP contribution in [0.5, 0.6) is 0 Å². The predicted octanol–water partition coefficient (Wildman–Crippen LogP) is 1.51.